The van der Waals surface area contributed by atoms with Gasteiger partial charge in [0.1, 0.15) is 0 Å². The second-order valence-electron chi connectivity index (χ2n) is 6.56. The molecule has 19 heavy (non-hydrogen) atoms. The van der Waals surface area contributed by atoms with Crippen LogP contribution in [0.4, 0.5) is 0 Å². The van der Waals surface area contributed by atoms with E-state index in [0.29, 0.717) is 18.6 Å². The van der Waals surface area contributed by atoms with Crippen LogP contribution in [0.2, 0.25) is 0 Å². The van der Waals surface area contributed by atoms with Gasteiger partial charge in [0, 0.05) is 12.6 Å². The Hall–Kier alpha value is -0.610. The summed E-state index contributed by atoms with van der Waals surface area (Å²) in [5.41, 5.74) is -0.166. The van der Waals surface area contributed by atoms with Crippen molar-refractivity contribution in [3.8, 4) is 0 Å². The third kappa shape index (κ3) is 4.18. The van der Waals surface area contributed by atoms with Crippen LogP contribution < -0.4 is 5.32 Å². The Morgan fingerprint density at radius 1 is 1.42 bits per heavy atom. The van der Waals surface area contributed by atoms with Gasteiger partial charge in [-0.25, -0.2) is 0 Å². The first-order valence-electron chi connectivity index (χ1n) is 7.34. The number of hydrogen-bond donors (Lipinski definition) is 2. The van der Waals surface area contributed by atoms with Crippen molar-refractivity contribution < 1.29 is 14.6 Å². The maximum atomic E-state index is 11.3. The summed E-state index contributed by atoms with van der Waals surface area (Å²) >= 11 is 0. The molecule has 0 aromatic carbocycles. The minimum Gasteiger partial charge on any atom is -0.481 e. The molecule has 1 rings (SSSR count). The van der Waals surface area contributed by atoms with Crippen LogP contribution in [0.5, 0.6) is 0 Å². The Bertz CT molecular complexity index is 302. The predicted octanol–water partition coefficient (Wildman–Crippen LogP) is 2.53. The lowest BCUT2D eigenvalue weighted by molar-refractivity contribution is -0.150. The van der Waals surface area contributed by atoms with E-state index in [2.05, 4.69) is 26.1 Å². The fraction of sp³-hybridized carbons (Fsp3) is 0.933. The van der Waals surface area contributed by atoms with E-state index in [1.54, 1.807) is 0 Å². The largest absolute Gasteiger partial charge is 0.481 e. The van der Waals surface area contributed by atoms with Crippen LogP contribution in [0.25, 0.3) is 0 Å². The number of hydrogen-bond acceptors (Lipinski definition) is 3. The lowest BCUT2D eigenvalue weighted by Gasteiger charge is -2.46. The van der Waals surface area contributed by atoms with Gasteiger partial charge in [-0.15, -0.1) is 0 Å². The highest BCUT2D eigenvalue weighted by Crippen LogP contribution is 2.44. The zero-order valence-electron chi connectivity index (χ0n) is 12.9. The van der Waals surface area contributed by atoms with Gasteiger partial charge in [-0.1, -0.05) is 20.8 Å². The minimum atomic E-state index is -0.654. The molecule has 3 atom stereocenters. The molecule has 1 aliphatic carbocycles. The fourth-order valence-corrected chi connectivity index (χ4v) is 3.06. The first-order valence-corrected chi connectivity index (χ1v) is 7.34. The molecule has 0 spiro atoms. The number of carbonyl (C=O) groups is 1. The van der Waals surface area contributed by atoms with Crippen LogP contribution in [0.15, 0.2) is 0 Å². The SMILES string of the molecule is CC(C)OCCNC1CCC(C(=O)O)C(C)(C)C1C. The predicted molar refractivity (Wildman–Crippen MR) is 76.2 cm³/mol. The molecule has 0 aromatic rings. The van der Waals surface area contributed by atoms with E-state index in [1.807, 2.05) is 13.8 Å². The van der Waals surface area contributed by atoms with Crippen molar-refractivity contribution in [3.63, 3.8) is 0 Å². The zero-order chi connectivity index (χ0) is 14.6. The molecule has 2 N–H and O–H groups in total. The molecule has 1 aliphatic rings. The van der Waals surface area contributed by atoms with Crippen LogP contribution in [0, 0.1) is 17.3 Å². The van der Waals surface area contributed by atoms with E-state index < -0.39 is 5.97 Å². The topological polar surface area (TPSA) is 58.6 Å². The molecule has 4 heteroatoms. The molecule has 0 heterocycles. The van der Waals surface area contributed by atoms with Crippen molar-refractivity contribution in [2.75, 3.05) is 13.2 Å². The molecule has 4 nitrogen and oxygen atoms in total. The Balaban J connectivity index is 2.48. The van der Waals surface area contributed by atoms with Crippen molar-refractivity contribution in [1.29, 1.82) is 0 Å². The van der Waals surface area contributed by atoms with E-state index in [0.717, 1.165) is 19.4 Å². The Morgan fingerprint density at radius 3 is 2.58 bits per heavy atom. The lowest BCUT2D eigenvalue weighted by Crippen LogP contribution is -2.51. The summed E-state index contributed by atoms with van der Waals surface area (Å²) in [5, 5.41) is 12.8. The monoisotopic (exact) mass is 271 g/mol. The summed E-state index contributed by atoms with van der Waals surface area (Å²) in [6.45, 7) is 11.9. The van der Waals surface area contributed by atoms with Crippen molar-refractivity contribution in [1.82, 2.24) is 5.32 Å². The van der Waals surface area contributed by atoms with E-state index in [4.69, 9.17) is 4.74 Å². The molecule has 0 radical (unpaired) electrons. The molecular weight excluding hydrogens is 242 g/mol. The number of rotatable bonds is 6. The Morgan fingerprint density at radius 2 is 2.05 bits per heavy atom. The fourth-order valence-electron chi connectivity index (χ4n) is 3.06. The van der Waals surface area contributed by atoms with E-state index in [-0.39, 0.29) is 17.4 Å². The van der Waals surface area contributed by atoms with Crippen molar-refractivity contribution in [3.05, 3.63) is 0 Å². The van der Waals surface area contributed by atoms with Crippen LogP contribution in [0.3, 0.4) is 0 Å². The molecule has 0 bridgehead atoms. The quantitative estimate of drug-likeness (QED) is 0.729. The lowest BCUT2D eigenvalue weighted by atomic mass is 9.61. The zero-order valence-corrected chi connectivity index (χ0v) is 12.9. The van der Waals surface area contributed by atoms with Crippen molar-refractivity contribution >= 4 is 5.97 Å². The van der Waals surface area contributed by atoms with Crippen LogP contribution in [-0.4, -0.2) is 36.4 Å². The molecule has 0 aliphatic heterocycles. The van der Waals surface area contributed by atoms with Crippen LogP contribution in [-0.2, 0) is 9.53 Å². The first-order chi connectivity index (χ1) is 8.76. The number of carboxylic acid groups (broad SMARTS) is 1. The number of carboxylic acids is 1. The molecule has 3 unspecified atom stereocenters. The van der Waals surface area contributed by atoms with Gasteiger partial charge >= 0.3 is 5.97 Å². The summed E-state index contributed by atoms with van der Waals surface area (Å²) in [4.78, 5) is 11.3. The number of nitrogens with one attached hydrogen (secondary N) is 1. The molecule has 1 fully saturated rings. The van der Waals surface area contributed by atoms with E-state index in [9.17, 15) is 9.90 Å². The van der Waals surface area contributed by atoms with Crippen molar-refractivity contribution in [2.45, 2.75) is 59.6 Å². The van der Waals surface area contributed by atoms with Gasteiger partial charge in [0.15, 0.2) is 0 Å². The molecule has 0 saturated heterocycles. The average molecular weight is 271 g/mol. The summed E-state index contributed by atoms with van der Waals surface area (Å²) in [6, 6.07) is 0.390. The van der Waals surface area contributed by atoms with Crippen LogP contribution >= 0.6 is 0 Å². The number of ether oxygens (including phenoxy) is 1. The van der Waals surface area contributed by atoms with Gasteiger partial charge in [-0.2, -0.15) is 0 Å². The molecule has 0 aromatic heterocycles. The third-order valence-electron chi connectivity index (χ3n) is 4.70. The number of aliphatic carboxylic acids is 1. The second-order valence-corrected chi connectivity index (χ2v) is 6.56. The third-order valence-corrected chi connectivity index (χ3v) is 4.70. The summed E-state index contributed by atoms with van der Waals surface area (Å²) < 4.78 is 5.52. The normalized spacial score (nSPS) is 30.5. The summed E-state index contributed by atoms with van der Waals surface area (Å²) in [7, 11) is 0. The molecular formula is C15H29NO3. The van der Waals surface area contributed by atoms with Gasteiger partial charge in [0.25, 0.3) is 0 Å². The first kappa shape index (κ1) is 16.4. The molecule has 0 amide bonds. The Kier molecular flexibility index (Phi) is 5.81. The second kappa shape index (κ2) is 6.71. The molecule has 112 valence electrons. The maximum Gasteiger partial charge on any atom is 0.307 e. The van der Waals surface area contributed by atoms with E-state index in [1.165, 1.54) is 0 Å². The van der Waals surface area contributed by atoms with Gasteiger partial charge in [0.05, 0.1) is 18.6 Å². The van der Waals surface area contributed by atoms with Gasteiger partial charge in [-0.3, -0.25) is 4.79 Å². The van der Waals surface area contributed by atoms with E-state index >= 15 is 0 Å². The highest BCUT2D eigenvalue weighted by atomic mass is 16.5. The average Bonchev–Trinajstić information content (AvgIpc) is 2.28. The maximum absolute atomic E-state index is 11.3. The Labute approximate surface area is 116 Å². The minimum absolute atomic E-state index is 0.166. The highest BCUT2D eigenvalue weighted by Gasteiger charge is 2.45. The smallest absolute Gasteiger partial charge is 0.307 e. The van der Waals surface area contributed by atoms with Gasteiger partial charge in [-0.05, 0) is 38.0 Å². The van der Waals surface area contributed by atoms with Crippen molar-refractivity contribution in [2.24, 2.45) is 17.3 Å². The molecule has 1 saturated carbocycles. The highest BCUT2D eigenvalue weighted by molar-refractivity contribution is 5.71. The summed E-state index contributed by atoms with van der Waals surface area (Å²) in [5.74, 6) is -0.535. The standard InChI is InChI=1S/C15H29NO3/c1-10(2)19-9-8-16-13-7-6-12(14(17)18)15(4,5)11(13)3/h10-13,16H,6-9H2,1-5H3,(H,17,18). The van der Waals surface area contributed by atoms with Gasteiger partial charge < -0.3 is 15.2 Å². The van der Waals surface area contributed by atoms with Gasteiger partial charge in [0.2, 0.25) is 0 Å². The van der Waals surface area contributed by atoms with Crippen LogP contribution in [0.1, 0.15) is 47.5 Å². The summed E-state index contributed by atoms with van der Waals surface area (Å²) in [6.07, 6.45) is 1.96.